The van der Waals surface area contributed by atoms with E-state index in [1.54, 1.807) is 18.3 Å². The van der Waals surface area contributed by atoms with Crippen LogP contribution in [-0.2, 0) is 0 Å². The van der Waals surface area contributed by atoms with Crippen molar-refractivity contribution >= 4 is 39.5 Å². The van der Waals surface area contributed by atoms with Crippen molar-refractivity contribution in [2.45, 2.75) is 6.92 Å². The lowest BCUT2D eigenvalue weighted by Crippen LogP contribution is -2.31. The molecule has 0 spiro atoms. The molecule has 0 heterocycles. The molecule has 3 nitrogen and oxygen atoms in total. The quantitative estimate of drug-likeness (QED) is 0.511. The van der Waals surface area contributed by atoms with Gasteiger partial charge >= 0.3 is 0 Å². The number of hydrogen-bond donors (Lipinski definition) is 2. The lowest BCUT2D eigenvalue weighted by Gasteiger charge is -2.02. The van der Waals surface area contributed by atoms with Gasteiger partial charge in [-0.3, -0.25) is 5.43 Å². The molecule has 1 aromatic carbocycles. The van der Waals surface area contributed by atoms with E-state index in [4.69, 9.17) is 12.2 Å². The Morgan fingerprint density at radius 1 is 1.62 bits per heavy atom. The molecule has 2 N–H and O–H groups in total. The first-order valence-corrected chi connectivity index (χ1v) is 5.85. The molecule has 0 atom stereocenters. The number of hydrazone groups is 1. The third-order valence-electron chi connectivity index (χ3n) is 1.66. The van der Waals surface area contributed by atoms with Gasteiger partial charge in [0, 0.05) is 6.54 Å². The summed E-state index contributed by atoms with van der Waals surface area (Å²) in [6, 6.07) is 4.63. The maximum atomic E-state index is 12.9. The van der Waals surface area contributed by atoms with E-state index in [1.165, 1.54) is 6.07 Å². The lowest BCUT2D eigenvalue weighted by molar-refractivity contribution is 0.621. The summed E-state index contributed by atoms with van der Waals surface area (Å²) in [5.41, 5.74) is 3.42. The van der Waals surface area contributed by atoms with Crippen LogP contribution in [0.2, 0.25) is 0 Å². The minimum Gasteiger partial charge on any atom is -0.362 e. The molecule has 0 amide bonds. The zero-order valence-corrected chi connectivity index (χ0v) is 11.0. The van der Waals surface area contributed by atoms with Crippen molar-refractivity contribution in [3.8, 4) is 0 Å². The van der Waals surface area contributed by atoms with Gasteiger partial charge in [-0.25, -0.2) is 4.39 Å². The van der Waals surface area contributed by atoms with Crippen LogP contribution >= 0.6 is 28.1 Å². The van der Waals surface area contributed by atoms with Crippen LogP contribution in [-0.4, -0.2) is 17.9 Å². The number of halogens is 2. The van der Waals surface area contributed by atoms with E-state index in [9.17, 15) is 4.39 Å². The molecule has 16 heavy (non-hydrogen) atoms. The summed E-state index contributed by atoms with van der Waals surface area (Å²) in [4.78, 5) is 0. The second-order valence-corrected chi connectivity index (χ2v) is 4.17. The number of nitrogens with zero attached hydrogens (tertiary/aromatic N) is 1. The Balaban J connectivity index is 2.56. The second-order valence-electron chi connectivity index (χ2n) is 2.90. The minimum absolute atomic E-state index is 0.298. The average Bonchev–Trinajstić information content (AvgIpc) is 2.24. The molecular formula is C10H11BrFN3S. The van der Waals surface area contributed by atoms with Gasteiger partial charge in [0.1, 0.15) is 5.82 Å². The molecule has 0 bridgehead atoms. The Morgan fingerprint density at radius 3 is 3.00 bits per heavy atom. The van der Waals surface area contributed by atoms with Crippen molar-refractivity contribution in [2.24, 2.45) is 5.10 Å². The summed E-state index contributed by atoms with van der Waals surface area (Å²) in [6.45, 7) is 2.68. The number of nitrogens with one attached hydrogen (secondary N) is 2. The summed E-state index contributed by atoms with van der Waals surface area (Å²) in [5.74, 6) is -0.298. The Kier molecular flexibility index (Phi) is 5.34. The van der Waals surface area contributed by atoms with E-state index < -0.39 is 0 Å². The van der Waals surface area contributed by atoms with Gasteiger partial charge in [-0.1, -0.05) is 6.07 Å². The molecule has 0 aromatic heterocycles. The monoisotopic (exact) mass is 303 g/mol. The van der Waals surface area contributed by atoms with E-state index in [0.29, 0.717) is 9.59 Å². The Labute approximate surface area is 107 Å². The summed E-state index contributed by atoms with van der Waals surface area (Å²) < 4.78 is 13.3. The first-order valence-electron chi connectivity index (χ1n) is 4.65. The molecule has 1 aromatic rings. The molecule has 0 aliphatic carbocycles. The molecule has 0 radical (unpaired) electrons. The lowest BCUT2D eigenvalue weighted by atomic mass is 10.2. The molecule has 0 aliphatic heterocycles. The van der Waals surface area contributed by atoms with Crippen LogP contribution in [0.5, 0.6) is 0 Å². The third kappa shape index (κ3) is 4.24. The highest BCUT2D eigenvalue weighted by Crippen LogP contribution is 2.15. The van der Waals surface area contributed by atoms with Crippen LogP contribution in [0, 0.1) is 5.82 Å². The fraction of sp³-hybridized carbons (Fsp3) is 0.200. The zero-order valence-electron chi connectivity index (χ0n) is 8.63. The van der Waals surface area contributed by atoms with Gasteiger partial charge in [0.15, 0.2) is 5.11 Å². The highest BCUT2D eigenvalue weighted by molar-refractivity contribution is 9.10. The van der Waals surface area contributed by atoms with Gasteiger partial charge in [-0.05, 0) is 52.8 Å². The standard InChI is InChI=1S/C10H11BrFN3S/c1-2-13-10(16)15-14-6-7-3-4-9(12)8(11)5-7/h3-6H,2H2,1H3,(H2,13,15,16)/b14-6-. The van der Waals surface area contributed by atoms with Gasteiger partial charge in [-0.15, -0.1) is 0 Å². The van der Waals surface area contributed by atoms with Crippen molar-refractivity contribution in [3.63, 3.8) is 0 Å². The zero-order chi connectivity index (χ0) is 12.0. The maximum absolute atomic E-state index is 12.9. The van der Waals surface area contributed by atoms with Gasteiger partial charge in [0.2, 0.25) is 0 Å². The second kappa shape index (κ2) is 6.55. The fourth-order valence-electron chi connectivity index (χ4n) is 0.958. The van der Waals surface area contributed by atoms with Gasteiger partial charge in [0.25, 0.3) is 0 Å². The SMILES string of the molecule is CCNC(=S)N/N=C\c1ccc(F)c(Br)c1. The molecule has 0 saturated carbocycles. The van der Waals surface area contributed by atoms with Crippen LogP contribution in [0.25, 0.3) is 0 Å². The fourth-order valence-corrected chi connectivity index (χ4v) is 1.55. The van der Waals surface area contributed by atoms with E-state index in [-0.39, 0.29) is 5.82 Å². The van der Waals surface area contributed by atoms with E-state index in [2.05, 4.69) is 31.8 Å². The Morgan fingerprint density at radius 2 is 2.38 bits per heavy atom. The Bertz CT molecular complexity index is 409. The molecule has 0 saturated heterocycles. The largest absolute Gasteiger partial charge is 0.362 e. The number of benzene rings is 1. The first-order chi connectivity index (χ1) is 7.63. The maximum Gasteiger partial charge on any atom is 0.186 e. The van der Waals surface area contributed by atoms with Crippen molar-refractivity contribution < 1.29 is 4.39 Å². The average molecular weight is 304 g/mol. The molecule has 6 heteroatoms. The van der Waals surface area contributed by atoms with Crippen LogP contribution in [0.4, 0.5) is 4.39 Å². The number of thiocarbonyl (C=S) groups is 1. The van der Waals surface area contributed by atoms with Crippen molar-refractivity contribution in [3.05, 3.63) is 34.1 Å². The molecule has 0 aliphatic rings. The first kappa shape index (κ1) is 13.1. The highest BCUT2D eigenvalue weighted by Gasteiger charge is 1.98. The van der Waals surface area contributed by atoms with E-state index >= 15 is 0 Å². The number of rotatable bonds is 3. The topological polar surface area (TPSA) is 36.4 Å². The molecule has 1 rings (SSSR count). The smallest absolute Gasteiger partial charge is 0.186 e. The number of hydrogen-bond acceptors (Lipinski definition) is 2. The van der Waals surface area contributed by atoms with Gasteiger partial charge < -0.3 is 5.32 Å². The Hall–Kier alpha value is -1.01. The molecular weight excluding hydrogens is 293 g/mol. The van der Waals surface area contributed by atoms with Crippen LogP contribution < -0.4 is 10.7 Å². The summed E-state index contributed by atoms with van der Waals surface area (Å²) in [6.07, 6.45) is 1.56. The summed E-state index contributed by atoms with van der Waals surface area (Å²) in [5, 5.41) is 7.26. The van der Waals surface area contributed by atoms with Crippen LogP contribution in [0.1, 0.15) is 12.5 Å². The predicted octanol–water partition coefficient (Wildman–Crippen LogP) is 2.41. The van der Waals surface area contributed by atoms with E-state index in [0.717, 1.165) is 12.1 Å². The summed E-state index contributed by atoms with van der Waals surface area (Å²) in [7, 11) is 0. The third-order valence-corrected chi connectivity index (χ3v) is 2.50. The van der Waals surface area contributed by atoms with Crippen molar-refractivity contribution in [1.82, 2.24) is 10.7 Å². The minimum atomic E-state index is -0.298. The highest BCUT2D eigenvalue weighted by atomic mass is 79.9. The normalized spacial score (nSPS) is 10.4. The molecule has 0 fully saturated rings. The van der Waals surface area contributed by atoms with Crippen LogP contribution in [0.3, 0.4) is 0 Å². The molecule has 86 valence electrons. The molecule has 0 unspecified atom stereocenters. The van der Waals surface area contributed by atoms with E-state index in [1.807, 2.05) is 6.92 Å². The van der Waals surface area contributed by atoms with Crippen molar-refractivity contribution in [2.75, 3.05) is 6.54 Å². The van der Waals surface area contributed by atoms with Gasteiger partial charge in [-0.2, -0.15) is 5.10 Å². The van der Waals surface area contributed by atoms with Crippen LogP contribution in [0.15, 0.2) is 27.8 Å². The van der Waals surface area contributed by atoms with Crippen molar-refractivity contribution in [1.29, 1.82) is 0 Å². The summed E-state index contributed by atoms with van der Waals surface area (Å²) >= 11 is 8.01. The predicted molar refractivity (Wildman–Crippen MR) is 71.1 cm³/mol. The van der Waals surface area contributed by atoms with Gasteiger partial charge in [0.05, 0.1) is 10.7 Å².